The summed E-state index contributed by atoms with van der Waals surface area (Å²) in [5.74, 6) is 0.524. The Labute approximate surface area is 105 Å². The first-order valence-corrected chi connectivity index (χ1v) is 6.97. The molecule has 98 valence electrons. The van der Waals surface area contributed by atoms with Crippen LogP contribution in [-0.4, -0.2) is 54.4 Å². The number of hydrogen-bond donors (Lipinski definition) is 2. The lowest BCUT2D eigenvalue weighted by molar-refractivity contribution is 0.0940. The van der Waals surface area contributed by atoms with E-state index in [0.717, 1.165) is 25.7 Å². The molecule has 2 aliphatic rings. The van der Waals surface area contributed by atoms with Crippen LogP contribution in [0.2, 0.25) is 0 Å². The highest BCUT2D eigenvalue weighted by Crippen LogP contribution is 2.24. The fourth-order valence-corrected chi connectivity index (χ4v) is 3.07. The van der Waals surface area contributed by atoms with Crippen LogP contribution in [0.15, 0.2) is 0 Å². The summed E-state index contributed by atoms with van der Waals surface area (Å²) in [6.07, 6.45) is 5.66. The van der Waals surface area contributed by atoms with Gasteiger partial charge in [0.15, 0.2) is 0 Å². The summed E-state index contributed by atoms with van der Waals surface area (Å²) in [4.78, 5) is 5.12. The van der Waals surface area contributed by atoms with Gasteiger partial charge >= 0.3 is 0 Å². The van der Waals surface area contributed by atoms with E-state index in [0.29, 0.717) is 5.84 Å². The maximum absolute atomic E-state index is 7.44. The molecule has 1 unspecified atom stereocenters. The molecule has 3 N–H and O–H groups in total. The molecule has 0 bridgehead atoms. The van der Waals surface area contributed by atoms with Crippen molar-refractivity contribution in [3.63, 3.8) is 0 Å². The third-order valence-corrected chi connectivity index (χ3v) is 4.31. The molecule has 1 saturated carbocycles. The molecule has 0 aromatic rings. The molecular formula is C13H26N4. The van der Waals surface area contributed by atoms with Gasteiger partial charge < -0.3 is 10.6 Å². The Bertz CT molecular complexity index is 252. The second kappa shape index (κ2) is 5.83. The van der Waals surface area contributed by atoms with Crippen LogP contribution in [0.4, 0.5) is 0 Å². The summed E-state index contributed by atoms with van der Waals surface area (Å²) in [5, 5.41) is 7.44. The van der Waals surface area contributed by atoms with Gasteiger partial charge in [-0.15, -0.1) is 0 Å². The monoisotopic (exact) mass is 238 g/mol. The largest absolute Gasteiger partial charge is 0.387 e. The maximum Gasteiger partial charge on any atom is 0.0947 e. The lowest BCUT2D eigenvalue weighted by Gasteiger charge is -2.38. The first kappa shape index (κ1) is 12.8. The van der Waals surface area contributed by atoms with Crippen LogP contribution >= 0.6 is 0 Å². The van der Waals surface area contributed by atoms with Crippen LogP contribution in [-0.2, 0) is 0 Å². The lowest BCUT2D eigenvalue weighted by atomic mass is 10.1. The molecule has 1 heterocycles. The highest BCUT2D eigenvalue weighted by Gasteiger charge is 2.26. The quantitative estimate of drug-likeness (QED) is 0.570. The molecule has 4 nitrogen and oxygen atoms in total. The number of rotatable bonds is 4. The predicted molar refractivity (Wildman–Crippen MR) is 71.3 cm³/mol. The van der Waals surface area contributed by atoms with E-state index in [1.165, 1.54) is 38.8 Å². The third kappa shape index (κ3) is 3.42. The molecule has 0 aromatic carbocycles. The van der Waals surface area contributed by atoms with Crippen molar-refractivity contribution in [1.29, 1.82) is 5.41 Å². The Balaban J connectivity index is 1.72. The zero-order chi connectivity index (χ0) is 12.3. The van der Waals surface area contributed by atoms with Gasteiger partial charge in [0.1, 0.15) is 0 Å². The second-order valence-corrected chi connectivity index (χ2v) is 5.63. The van der Waals surface area contributed by atoms with Crippen molar-refractivity contribution in [2.24, 2.45) is 11.7 Å². The topological polar surface area (TPSA) is 56.4 Å². The normalized spacial score (nSPS) is 26.2. The van der Waals surface area contributed by atoms with E-state index < -0.39 is 0 Å². The summed E-state index contributed by atoms with van der Waals surface area (Å²) < 4.78 is 0. The Morgan fingerprint density at radius 3 is 2.35 bits per heavy atom. The van der Waals surface area contributed by atoms with Crippen LogP contribution in [0.3, 0.4) is 0 Å². The molecular weight excluding hydrogens is 212 g/mol. The van der Waals surface area contributed by atoms with Crippen molar-refractivity contribution in [3.8, 4) is 0 Å². The number of nitrogens with zero attached hydrogens (tertiary/aromatic N) is 2. The average molecular weight is 238 g/mol. The van der Waals surface area contributed by atoms with Crippen LogP contribution in [0.5, 0.6) is 0 Å². The van der Waals surface area contributed by atoms with Gasteiger partial charge in [0.25, 0.3) is 0 Å². The molecule has 1 saturated heterocycles. The minimum absolute atomic E-state index is 0.202. The van der Waals surface area contributed by atoms with Gasteiger partial charge in [-0.3, -0.25) is 10.3 Å². The summed E-state index contributed by atoms with van der Waals surface area (Å²) in [5.41, 5.74) is 5.53. The molecule has 0 aromatic heterocycles. The molecule has 1 atom stereocenters. The van der Waals surface area contributed by atoms with Gasteiger partial charge in [0.05, 0.1) is 5.84 Å². The van der Waals surface area contributed by atoms with E-state index in [-0.39, 0.29) is 5.92 Å². The molecule has 4 heteroatoms. The Hall–Kier alpha value is -0.610. The average Bonchev–Trinajstić information content (AvgIpc) is 2.83. The van der Waals surface area contributed by atoms with E-state index in [1.54, 1.807) is 0 Å². The fraction of sp³-hybridized carbons (Fsp3) is 0.923. The van der Waals surface area contributed by atoms with Crippen molar-refractivity contribution in [2.75, 3.05) is 32.7 Å². The molecule has 1 aliphatic heterocycles. The van der Waals surface area contributed by atoms with Crippen molar-refractivity contribution < 1.29 is 0 Å². The minimum Gasteiger partial charge on any atom is -0.387 e. The summed E-state index contributed by atoms with van der Waals surface area (Å²) >= 11 is 0. The zero-order valence-electron chi connectivity index (χ0n) is 11.0. The van der Waals surface area contributed by atoms with Crippen LogP contribution in [0, 0.1) is 11.3 Å². The van der Waals surface area contributed by atoms with E-state index in [1.807, 2.05) is 6.92 Å². The summed E-state index contributed by atoms with van der Waals surface area (Å²) in [6.45, 7) is 7.70. The molecule has 0 spiro atoms. The first-order valence-electron chi connectivity index (χ1n) is 6.97. The van der Waals surface area contributed by atoms with Crippen LogP contribution in [0.25, 0.3) is 0 Å². The Morgan fingerprint density at radius 1 is 1.24 bits per heavy atom. The van der Waals surface area contributed by atoms with Gasteiger partial charge in [-0.25, -0.2) is 0 Å². The van der Waals surface area contributed by atoms with E-state index in [2.05, 4.69) is 9.80 Å². The van der Waals surface area contributed by atoms with E-state index in [4.69, 9.17) is 11.1 Å². The minimum atomic E-state index is 0.202. The number of hydrogen-bond acceptors (Lipinski definition) is 3. The molecule has 0 radical (unpaired) electrons. The van der Waals surface area contributed by atoms with Gasteiger partial charge in [0.2, 0.25) is 0 Å². The van der Waals surface area contributed by atoms with Gasteiger partial charge in [0, 0.05) is 44.7 Å². The highest BCUT2D eigenvalue weighted by atomic mass is 15.3. The highest BCUT2D eigenvalue weighted by molar-refractivity contribution is 5.79. The number of amidine groups is 1. The Kier molecular flexibility index (Phi) is 4.40. The van der Waals surface area contributed by atoms with Gasteiger partial charge in [-0.2, -0.15) is 0 Å². The lowest BCUT2D eigenvalue weighted by Crippen LogP contribution is -2.51. The van der Waals surface area contributed by atoms with Crippen molar-refractivity contribution in [3.05, 3.63) is 0 Å². The van der Waals surface area contributed by atoms with Gasteiger partial charge in [-0.1, -0.05) is 19.8 Å². The number of nitrogens with two attached hydrogens (primary N) is 1. The number of piperazine rings is 1. The summed E-state index contributed by atoms with van der Waals surface area (Å²) in [6, 6.07) is 0.863. The Morgan fingerprint density at radius 2 is 1.82 bits per heavy atom. The van der Waals surface area contributed by atoms with Gasteiger partial charge in [-0.05, 0) is 12.8 Å². The second-order valence-electron chi connectivity index (χ2n) is 5.63. The fourth-order valence-electron chi connectivity index (χ4n) is 3.07. The van der Waals surface area contributed by atoms with Crippen LogP contribution < -0.4 is 5.73 Å². The molecule has 1 aliphatic carbocycles. The maximum atomic E-state index is 7.44. The molecule has 17 heavy (non-hydrogen) atoms. The van der Waals surface area contributed by atoms with E-state index >= 15 is 0 Å². The van der Waals surface area contributed by atoms with Crippen molar-refractivity contribution in [2.45, 2.75) is 38.6 Å². The standard InChI is InChI=1S/C13H26N4/c1-11(13(14)15)10-16-6-8-17(9-7-16)12-4-2-3-5-12/h11-12H,2-10H2,1H3,(H3,14,15). The SMILES string of the molecule is CC(CN1CCN(C2CCCC2)CC1)C(=N)N. The predicted octanol–water partition coefficient (Wildman–Crippen LogP) is 1.12. The van der Waals surface area contributed by atoms with E-state index in [9.17, 15) is 0 Å². The first-order chi connectivity index (χ1) is 8.16. The number of nitrogens with one attached hydrogen (secondary N) is 1. The van der Waals surface area contributed by atoms with Crippen molar-refractivity contribution in [1.82, 2.24) is 9.80 Å². The molecule has 2 rings (SSSR count). The molecule has 0 amide bonds. The zero-order valence-corrected chi connectivity index (χ0v) is 11.0. The molecule has 2 fully saturated rings. The van der Waals surface area contributed by atoms with Crippen LogP contribution in [0.1, 0.15) is 32.6 Å². The van der Waals surface area contributed by atoms with Crippen molar-refractivity contribution >= 4 is 5.84 Å². The third-order valence-electron chi connectivity index (χ3n) is 4.31. The smallest absolute Gasteiger partial charge is 0.0947 e. The summed E-state index contributed by atoms with van der Waals surface area (Å²) in [7, 11) is 0.